The minimum absolute atomic E-state index is 0.0167. The predicted octanol–water partition coefficient (Wildman–Crippen LogP) is 11.4. The Kier molecular flexibility index (Phi) is 10.8. The molecule has 0 N–H and O–H groups in total. The van der Waals surface area contributed by atoms with E-state index in [0.717, 1.165) is 22.9 Å². The van der Waals surface area contributed by atoms with Crippen molar-refractivity contribution in [2.45, 2.75) is 85.3 Å². The van der Waals surface area contributed by atoms with Gasteiger partial charge in [0.05, 0.1) is 34.7 Å². The molecule has 4 nitrogen and oxygen atoms in total. The number of rotatable bonds is 5. The first kappa shape index (κ1) is 37.8. The van der Waals surface area contributed by atoms with Crippen LogP contribution in [0.15, 0.2) is 58.5 Å². The van der Waals surface area contributed by atoms with Crippen molar-refractivity contribution in [3.05, 3.63) is 93.0 Å². The predicted molar refractivity (Wildman–Crippen MR) is 174 cm³/mol. The van der Waals surface area contributed by atoms with E-state index in [0.29, 0.717) is 30.9 Å². The van der Waals surface area contributed by atoms with Crippen molar-refractivity contribution in [1.29, 1.82) is 0 Å². The van der Waals surface area contributed by atoms with Crippen molar-refractivity contribution in [1.82, 2.24) is 9.80 Å². The van der Waals surface area contributed by atoms with Crippen molar-refractivity contribution in [2.75, 3.05) is 19.8 Å². The number of benzene rings is 3. The summed E-state index contributed by atoms with van der Waals surface area (Å²) < 4.78 is 127. The Morgan fingerprint density at radius 2 is 1.20 bits per heavy atom. The normalized spacial score (nSPS) is 15.6. The van der Waals surface area contributed by atoms with Crippen molar-refractivity contribution in [3.63, 3.8) is 0 Å². The van der Waals surface area contributed by atoms with Crippen LogP contribution in [0.3, 0.4) is 0 Å². The zero-order valence-electron chi connectivity index (χ0n) is 28.3. The molecule has 1 aliphatic rings. The second-order valence-corrected chi connectivity index (χ2v) is 13.0. The smallest absolute Gasteiger partial charge is 0.342 e. The zero-order valence-corrected chi connectivity index (χ0v) is 28.3. The van der Waals surface area contributed by atoms with Crippen LogP contribution >= 0.6 is 0 Å². The molecule has 266 valence electrons. The summed E-state index contributed by atoms with van der Waals surface area (Å²) in [5.41, 5.74) is -2.45. The van der Waals surface area contributed by atoms with Gasteiger partial charge in [-0.15, -0.1) is 0 Å². The highest BCUT2D eigenvalue weighted by molar-refractivity contribution is 6.01. The molecule has 0 spiro atoms. The fraction of sp³-hybridized carbons (Fsp3) is 0.444. The van der Waals surface area contributed by atoms with Gasteiger partial charge in [0, 0.05) is 18.7 Å². The Balaban J connectivity index is 1.94. The number of halogens is 9. The number of hydrogen-bond acceptors (Lipinski definition) is 2. The monoisotopic (exact) mass is 698 g/mol. The molecule has 0 aromatic heterocycles. The van der Waals surface area contributed by atoms with E-state index in [9.17, 15) is 39.5 Å². The van der Waals surface area contributed by atoms with Crippen LogP contribution in [0.25, 0.3) is 0 Å². The summed E-state index contributed by atoms with van der Waals surface area (Å²) in [5.74, 6) is 0.343. The molecule has 0 unspecified atom stereocenters. The van der Waals surface area contributed by atoms with E-state index >= 15 is 0 Å². The lowest BCUT2D eigenvalue weighted by Gasteiger charge is -2.39. The summed E-state index contributed by atoms with van der Waals surface area (Å²) in [5, 5.41) is 0. The fourth-order valence-electron chi connectivity index (χ4n) is 5.94. The van der Waals surface area contributed by atoms with Crippen molar-refractivity contribution < 1.29 is 39.5 Å². The van der Waals surface area contributed by atoms with Gasteiger partial charge in [0.1, 0.15) is 11.7 Å². The van der Waals surface area contributed by atoms with E-state index < -0.39 is 52.3 Å². The number of alkyl halides is 9. The van der Waals surface area contributed by atoms with Gasteiger partial charge in [0.25, 0.3) is 0 Å². The maximum absolute atomic E-state index is 14.3. The van der Waals surface area contributed by atoms with Gasteiger partial charge in [-0.1, -0.05) is 57.5 Å². The highest BCUT2D eigenvalue weighted by Gasteiger charge is 2.39. The summed E-state index contributed by atoms with van der Waals surface area (Å²) in [4.78, 5) is 12.5. The molecule has 1 heterocycles. The van der Waals surface area contributed by atoms with Crippen LogP contribution in [-0.2, 0) is 18.5 Å². The third-order valence-electron chi connectivity index (χ3n) is 8.38. The lowest BCUT2D eigenvalue weighted by atomic mass is 9.93. The van der Waals surface area contributed by atoms with E-state index in [1.54, 1.807) is 11.8 Å². The number of aryl methyl sites for hydroxylation is 2. The minimum atomic E-state index is -5.17. The molecule has 3 aromatic rings. The maximum Gasteiger partial charge on any atom is 0.418 e. The van der Waals surface area contributed by atoms with Gasteiger partial charge in [-0.05, 0) is 80.0 Å². The topological polar surface area (TPSA) is 31.2 Å². The molecule has 0 aliphatic carbocycles. The summed E-state index contributed by atoms with van der Waals surface area (Å²) in [6.45, 7) is 13.1. The second-order valence-electron chi connectivity index (χ2n) is 13.0. The van der Waals surface area contributed by atoms with Gasteiger partial charge in [0.15, 0.2) is 0 Å². The highest BCUT2D eigenvalue weighted by atomic mass is 19.4. The molecule has 0 atom stereocenters. The lowest BCUT2D eigenvalue weighted by Crippen LogP contribution is -2.49. The SMILES string of the molecule is CC(=Nc1c(C(C)C)cccc1C(C)C)N1CCCN(C(=Nc2c(C)cc(C)cc2C(F)(F)F)c2cc(C(F)(F)F)cc(C(F)(F)F)c2)C1. The van der Waals surface area contributed by atoms with Crippen LogP contribution < -0.4 is 0 Å². The van der Waals surface area contributed by atoms with E-state index in [1.807, 2.05) is 45.9 Å². The van der Waals surface area contributed by atoms with Crippen LogP contribution in [0.1, 0.15) is 97.4 Å². The van der Waals surface area contributed by atoms with E-state index in [-0.39, 0.29) is 42.2 Å². The van der Waals surface area contributed by atoms with Crippen LogP contribution in [0, 0.1) is 13.8 Å². The average Bonchev–Trinajstić information content (AvgIpc) is 2.98. The first-order valence-electron chi connectivity index (χ1n) is 15.8. The second kappa shape index (κ2) is 14.1. The van der Waals surface area contributed by atoms with Crippen LogP contribution in [0.4, 0.5) is 50.9 Å². The molecule has 1 saturated heterocycles. The number of hydrogen-bond donors (Lipinski definition) is 0. The van der Waals surface area contributed by atoms with Gasteiger partial charge in [-0.3, -0.25) is 0 Å². The summed E-state index contributed by atoms with van der Waals surface area (Å²) >= 11 is 0. The molecule has 0 amide bonds. The van der Waals surface area contributed by atoms with Crippen molar-refractivity contribution in [3.8, 4) is 0 Å². The van der Waals surface area contributed by atoms with Gasteiger partial charge in [0.2, 0.25) is 0 Å². The fourth-order valence-corrected chi connectivity index (χ4v) is 5.94. The average molecular weight is 699 g/mol. The first-order valence-corrected chi connectivity index (χ1v) is 15.8. The Bertz CT molecular complexity index is 1670. The Morgan fingerprint density at radius 1 is 0.673 bits per heavy atom. The number of aliphatic imine (C=N–C) groups is 2. The van der Waals surface area contributed by atoms with Gasteiger partial charge in [-0.2, -0.15) is 39.5 Å². The van der Waals surface area contributed by atoms with Crippen molar-refractivity contribution >= 4 is 23.0 Å². The molecule has 4 rings (SSSR count). The molecule has 0 saturated carbocycles. The van der Waals surface area contributed by atoms with Gasteiger partial charge >= 0.3 is 18.5 Å². The summed E-state index contributed by atoms with van der Waals surface area (Å²) in [7, 11) is 0. The Hall–Kier alpha value is -4.03. The highest BCUT2D eigenvalue weighted by Crippen LogP contribution is 2.41. The molecular formula is C36H39F9N4. The Labute approximate surface area is 280 Å². The summed E-state index contributed by atoms with van der Waals surface area (Å²) in [6.07, 6.45) is -14.9. The van der Waals surface area contributed by atoms with Crippen LogP contribution in [0.2, 0.25) is 0 Å². The summed E-state index contributed by atoms with van der Waals surface area (Å²) in [6, 6.07) is 9.17. The molecule has 49 heavy (non-hydrogen) atoms. The van der Waals surface area contributed by atoms with E-state index in [1.165, 1.54) is 24.8 Å². The molecule has 1 fully saturated rings. The molecule has 0 radical (unpaired) electrons. The maximum atomic E-state index is 14.3. The number of nitrogens with zero attached hydrogens (tertiary/aromatic N) is 4. The molecular weight excluding hydrogens is 659 g/mol. The lowest BCUT2D eigenvalue weighted by molar-refractivity contribution is -0.143. The minimum Gasteiger partial charge on any atom is -0.342 e. The molecule has 0 bridgehead atoms. The van der Waals surface area contributed by atoms with Gasteiger partial charge in [-0.25, -0.2) is 9.98 Å². The third kappa shape index (κ3) is 8.77. The zero-order chi connectivity index (χ0) is 36.6. The molecule has 13 heteroatoms. The molecule has 1 aliphatic heterocycles. The van der Waals surface area contributed by atoms with Crippen LogP contribution in [0.5, 0.6) is 0 Å². The molecule has 3 aromatic carbocycles. The quantitative estimate of drug-likeness (QED) is 0.151. The van der Waals surface area contributed by atoms with E-state index in [2.05, 4.69) is 4.99 Å². The number of para-hydroxylation sites is 1. The third-order valence-corrected chi connectivity index (χ3v) is 8.38. The van der Waals surface area contributed by atoms with Crippen LogP contribution in [-0.4, -0.2) is 41.2 Å². The van der Waals surface area contributed by atoms with Gasteiger partial charge < -0.3 is 9.80 Å². The van der Waals surface area contributed by atoms with Crippen molar-refractivity contribution in [2.24, 2.45) is 9.98 Å². The standard InChI is InChI=1S/C36H39F9N4/c1-20(2)28-10-8-11-29(21(3)4)32(28)46-24(7)48-12-9-13-49(19-48)33(47-31-23(6)14-22(5)15-30(31)36(43,44)45)25-16-26(34(37,38)39)18-27(17-25)35(40,41)42/h8,10-11,14-18,20-21H,9,12-13,19H2,1-7H3. The van der Waals surface area contributed by atoms with E-state index in [4.69, 9.17) is 4.99 Å². The first-order chi connectivity index (χ1) is 22.6. The number of amidine groups is 2. The largest absolute Gasteiger partial charge is 0.418 e. The Morgan fingerprint density at radius 3 is 1.69 bits per heavy atom.